The van der Waals surface area contributed by atoms with Crippen molar-refractivity contribution >= 4 is 0 Å². The molecule has 0 saturated carbocycles. The van der Waals surface area contributed by atoms with Gasteiger partial charge in [0.05, 0.1) is 11.9 Å². The standard InChI is InChI=1S/C9H13FN2/c1-9(2,3)7-4-8(5-10)12-11-6-7/h4,6H,5H2,1-3H3. The van der Waals surface area contributed by atoms with Crippen molar-refractivity contribution in [3.63, 3.8) is 0 Å². The summed E-state index contributed by atoms with van der Waals surface area (Å²) in [6.45, 7) is 5.64. The largest absolute Gasteiger partial charge is 0.244 e. The normalized spacial score (nSPS) is 11.7. The summed E-state index contributed by atoms with van der Waals surface area (Å²) in [5, 5.41) is 7.38. The Hall–Kier alpha value is -0.990. The average Bonchev–Trinajstić information content (AvgIpc) is 2.03. The van der Waals surface area contributed by atoms with Gasteiger partial charge >= 0.3 is 0 Å². The van der Waals surface area contributed by atoms with Gasteiger partial charge in [0, 0.05) is 0 Å². The van der Waals surface area contributed by atoms with Gasteiger partial charge in [-0.15, -0.1) is 0 Å². The molecule has 3 heteroatoms. The van der Waals surface area contributed by atoms with E-state index in [0.29, 0.717) is 5.69 Å². The van der Waals surface area contributed by atoms with Gasteiger partial charge in [-0.3, -0.25) is 0 Å². The van der Waals surface area contributed by atoms with Crippen molar-refractivity contribution in [1.29, 1.82) is 0 Å². The van der Waals surface area contributed by atoms with E-state index in [1.165, 1.54) is 0 Å². The molecule has 0 aromatic carbocycles. The number of alkyl halides is 1. The van der Waals surface area contributed by atoms with Crippen LogP contribution in [-0.4, -0.2) is 10.2 Å². The molecule has 0 amide bonds. The Bertz CT molecular complexity index is 265. The van der Waals surface area contributed by atoms with E-state index in [1.807, 2.05) is 0 Å². The number of rotatable bonds is 1. The van der Waals surface area contributed by atoms with E-state index in [-0.39, 0.29) is 5.41 Å². The molecule has 0 aliphatic rings. The van der Waals surface area contributed by atoms with Crippen LogP contribution in [-0.2, 0) is 12.1 Å². The van der Waals surface area contributed by atoms with E-state index in [4.69, 9.17) is 0 Å². The van der Waals surface area contributed by atoms with Gasteiger partial charge in [0.15, 0.2) is 0 Å². The molecule has 0 aliphatic carbocycles. The summed E-state index contributed by atoms with van der Waals surface area (Å²) in [5.41, 5.74) is 1.44. The molecule has 66 valence electrons. The van der Waals surface area contributed by atoms with Crippen LogP contribution in [0.25, 0.3) is 0 Å². The van der Waals surface area contributed by atoms with E-state index in [2.05, 4.69) is 31.0 Å². The zero-order valence-corrected chi connectivity index (χ0v) is 7.63. The molecular weight excluding hydrogens is 155 g/mol. The minimum absolute atomic E-state index is 0.0138. The lowest BCUT2D eigenvalue weighted by Crippen LogP contribution is -2.12. The second kappa shape index (κ2) is 3.17. The van der Waals surface area contributed by atoms with Crippen molar-refractivity contribution in [3.8, 4) is 0 Å². The van der Waals surface area contributed by atoms with Crippen molar-refractivity contribution in [2.75, 3.05) is 0 Å². The summed E-state index contributed by atoms with van der Waals surface area (Å²) < 4.78 is 12.2. The molecule has 1 rings (SSSR count). The van der Waals surface area contributed by atoms with Crippen LogP contribution in [0.3, 0.4) is 0 Å². The highest BCUT2D eigenvalue weighted by atomic mass is 19.1. The van der Waals surface area contributed by atoms with Crippen molar-refractivity contribution < 1.29 is 4.39 Å². The molecule has 0 unspecified atom stereocenters. The van der Waals surface area contributed by atoms with Crippen LogP contribution in [0.4, 0.5) is 4.39 Å². The first-order valence-electron chi connectivity index (χ1n) is 3.92. The van der Waals surface area contributed by atoms with Crippen LogP contribution in [0.15, 0.2) is 12.3 Å². The topological polar surface area (TPSA) is 25.8 Å². The second-order valence-electron chi connectivity index (χ2n) is 3.82. The summed E-state index contributed by atoms with van der Waals surface area (Å²) in [5.74, 6) is 0. The fourth-order valence-corrected chi connectivity index (χ4v) is 0.886. The Balaban J connectivity index is 3.02. The maximum Gasteiger partial charge on any atom is 0.133 e. The van der Waals surface area contributed by atoms with Crippen molar-refractivity contribution in [2.45, 2.75) is 32.9 Å². The highest BCUT2D eigenvalue weighted by Crippen LogP contribution is 2.21. The predicted molar refractivity (Wildman–Crippen MR) is 45.5 cm³/mol. The summed E-state index contributed by atoms with van der Waals surface area (Å²) >= 11 is 0. The number of nitrogens with zero attached hydrogens (tertiary/aromatic N) is 2. The van der Waals surface area contributed by atoms with Gasteiger partial charge in [-0.25, -0.2) is 4.39 Å². The molecule has 0 saturated heterocycles. The van der Waals surface area contributed by atoms with Gasteiger partial charge in [-0.2, -0.15) is 10.2 Å². The van der Waals surface area contributed by atoms with Crippen LogP contribution in [0, 0.1) is 0 Å². The van der Waals surface area contributed by atoms with E-state index in [0.717, 1.165) is 5.56 Å². The lowest BCUT2D eigenvalue weighted by atomic mass is 9.88. The fraction of sp³-hybridized carbons (Fsp3) is 0.556. The molecule has 12 heavy (non-hydrogen) atoms. The highest BCUT2D eigenvalue weighted by Gasteiger charge is 2.14. The minimum atomic E-state index is -0.545. The Morgan fingerprint density at radius 1 is 1.42 bits per heavy atom. The van der Waals surface area contributed by atoms with E-state index < -0.39 is 6.67 Å². The number of halogens is 1. The number of aromatic nitrogens is 2. The Morgan fingerprint density at radius 3 is 2.58 bits per heavy atom. The third kappa shape index (κ3) is 2.00. The second-order valence-corrected chi connectivity index (χ2v) is 3.82. The Labute approximate surface area is 71.8 Å². The van der Waals surface area contributed by atoms with Crippen molar-refractivity contribution in [2.24, 2.45) is 0 Å². The Kier molecular flexibility index (Phi) is 2.40. The van der Waals surface area contributed by atoms with E-state index in [1.54, 1.807) is 12.3 Å². The minimum Gasteiger partial charge on any atom is -0.244 e. The van der Waals surface area contributed by atoms with Crippen LogP contribution < -0.4 is 0 Å². The van der Waals surface area contributed by atoms with Gasteiger partial charge in [-0.1, -0.05) is 20.8 Å². The monoisotopic (exact) mass is 168 g/mol. The molecular formula is C9H13FN2. The molecule has 0 N–H and O–H groups in total. The van der Waals surface area contributed by atoms with Crippen LogP contribution >= 0.6 is 0 Å². The van der Waals surface area contributed by atoms with Crippen molar-refractivity contribution in [3.05, 3.63) is 23.5 Å². The quantitative estimate of drug-likeness (QED) is 0.642. The molecule has 0 radical (unpaired) electrons. The zero-order valence-electron chi connectivity index (χ0n) is 7.63. The van der Waals surface area contributed by atoms with Crippen LogP contribution in [0.1, 0.15) is 32.0 Å². The smallest absolute Gasteiger partial charge is 0.133 e. The van der Waals surface area contributed by atoms with Gasteiger partial charge in [-0.05, 0) is 17.0 Å². The summed E-state index contributed by atoms with van der Waals surface area (Å²) in [7, 11) is 0. The van der Waals surface area contributed by atoms with Gasteiger partial charge in [0.25, 0.3) is 0 Å². The molecule has 2 nitrogen and oxygen atoms in total. The predicted octanol–water partition coefficient (Wildman–Crippen LogP) is 2.24. The number of hydrogen-bond donors (Lipinski definition) is 0. The van der Waals surface area contributed by atoms with Gasteiger partial charge in [0.2, 0.25) is 0 Å². The summed E-state index contributed by atoms with van der Waals surface area (Å²) in [4.78, 5) is 0. The molecule has 0 spiro atoms. The van der Waals surface area contributed by atoms with Gasteiger partial charge in [0.1, 0.15) is 6.67 Å². The third-order valence-corrected chi connectivity index (χ3v) is 1.71. The Morgan fingerprint density at radius 2 is 2.08 bits per heavy atom. The molecule has 0 aliphatic heterocycles. The maximum absolute atomic E-state index is 12.2. The SMILES string of the molecule is CC(C)(C)c1cnnc(CF)c1. The highest BCUT2D eigenvalue weighted by molar-refractivity contribution is 5.20. The first-order chi connectivity index (χ1) is 5.54. The van der Waals surface area contributed by atoms with Crippen molar-refractivity contribution in [1.82, 2.24) is 10.2 Å². The van der Waals surface area contributed by atoms with E-state index >= 15 is 0 Å². The first-order valence-corrected chi connectivity index (χ1v) is 3.92. The van der Waals surface area contributed by atoms with E-state index in [9.17, 15) is 4.39 Å². The average molecular weight is 168 g/mol. The third-order valence-electron chi connectivity index (χ3n) is 1.71. The molecule has 1 aromatic heterocycles. The van der Waals surface area contributed by atoms with Gasteiger partial charge < -0.3 is 0 Å². The maximum atomic E-state index is 12.2. The summed E-state index contributed by atoms with van der Waals surface area (Å²) in [6.07, 6.45) is 1.68. The molecule has 0 bridgehead atoms. The molecule has 1 aromatic rings. The molecule has 0 fully saturated rings. The lowest BCUT2D eigenvalue weighted by molar-refractivity contribution is 0.469. The molecule has 1 heterocycles. The first kappa shape index (κ1) is 9.10. The van der Waals surface area contributed by atoms with Crippen LogP contribution in [0.5, 0.6) is 0 Å². The van der Waals surface area contributed by atoms with Crippen LogP contribution in [0.2, 0.25) is 0 Å². The number of hydrogen-bond acceptors (Lipinski definition) is 2. The zero-order chi connectivity index (χ0) is 9.19. The molecule has 0 atom stereocenters. The summed E-state index contributed by atoms with van der Waals surface area (Å²) in [6, 6.07) is 1.76. The lowest BCUT2D eigenvalue weighted by Gasteiger charge is -2.17. The fourth-order valence-electron chi connectivity index (χ4n) is 0.886.